The highest BCUT2D eigenvalue weighted by Gasteiger charge is 2.01. The molecule has 0 aliphatic carbocycles. The molecule has 0 spiro atoms. The first-order chi connectivity index (χ1) is 10.5. The summed E-state index contributed by atoms with van der Waals surface area (Å²) >= 11 is 8.46. The smallest absolute Gasteiger partial charge is 0.250 e. The van der Waals surface area contributed by atoms with Crippen LogP contribution in [0.5, 0.6) is 0 Å². The summed E-state index contributed by atoms with van der Waals surface area (Å²) in [5, 5.41) is 5.82. The minimum Gasteiger partial charge on any atom is -0.332 e. The third kappa shape index (κ3) is 5.42. The third-order valence-electron chi connectivity index (χ3n) is 2.84. The van der Waals surface area contributed by atoms with Gasteiger partial charge >= 0.3 is 0 Å². The minimum atomic E-state index is -0.268. The summed E-state index contributed by atoms with van der Waals surface area (Å²) in [5.41, 5.74) is 2.96. The van der Waals surface area contributed by atoms with Gasteiger partial charge in [-0.2, -0.15) is 0 Å². The lowest BCUT2D eigenvalue weighted by Gasteiger charge is -2.08. The van der Waals surface area contributed by atoms with Gasteiger partial charge in [0.2, 0.25) is 5.91 Å². The van der Waals surface area contributed by atoms with E-state index in [2.05, 4.69) is 26.6 Å². The van der Waals surface area contributed by atoms with Crippen LogP contribution in [0.2, 0.25) is 0 Å². The Bertz CT molecular complexity index is 694. The molecule has 0 heterocycles. The van der Waals surface area contributed by atoms with Crippen molar-refractivity contribution in [2.24, 2.45) is 0 Å². The molecule has 0 unspecified atom stereocenters. The number of benzene rings is 2. The average Bonchev–Trinajstić information content (AvgIpc) is 2.49. The Morgan fingerprint density at radius 1 is 1.09 bits per heavy atom. The number of aryl methyl sites for hydroxylation is 1. The number of hydrogen-bond acceptors (Lipinski definition) is 2. The van der Waals surface area contributed by atoms with Crippen LogP contribution in [0.15, 0.2) is 59.1 Å². The fourth-order valence-corrected chi connectivity index (χ4v) is 2.18. The van der Waals surface area contributed by atoms with Crippen molar-refractivity contribution in [3.63, 3.8) is 0 Å². The van der Waals surface area contributed by atoms with Gasteiger partial charge in [-0.1, -0.05) is 45.8 Å². The number of nitrogens with one attached hydrogen (secondary N) is 2. The number of amides is 1. The highest BCUT2D eigenvalue weighted by atomic mass is 79.9. The fourth-order valence-electron chi connectivity index (χ4n) is 1.70. The molecule has 2 aromatic carbocycles. The molecule has 2 N–H and O–H groups in total. The molecular formula is C17H15BrN2OS. The lowest BCUT2D eigenvalue weighted by molar-refractivity contribution is -0.115. The quantitative estimate of drug-likeness (QED) is 0.621. The van der Waals surface area contributed by atoms with Crippen molar-refractivity contribution in [3.8, 4) is 0 Å². The molecule has 0 fully saturated rings. The molecule has 1 amide bonds. The summed E-state index contributed by atoms with van der Waals surface area (Å²) in [4.78, 5) is 11.8. The molecule has 5 heteroatoms. The Hall–Kier alpha value is -1.98. The predicted molar refractivity (Wildman–Crippen MR) is 98.7 cm³/mol. The molecule has 0 aromatic heterocycles. The van der Waals surface area contributed by atoms with Gasteiger partial charge in [0.15, 0.2) is 5.11 Å². The van der Waals surface area contributed by atoms with E-state index in [1.54, 1.807) is 6.08 Å². The van der Waals surface area contributed by atoms with Crippen molar-refractivity contribution in [2.75, 3.05) is 5.32 Å². The first kappa shape index (κ1) is 16.4. The number of thiocarbonyl (C=S) groups is 1. The van der Waals surface area contributed by atoms with Crippen LogP contribution >= 0.6 is 28.1 Å². The maximum atomic E-state index is 11.8. The summed E-state index contributed by atoms with van der Waals surface area (Å²) in [6, 6.07) is 15.4. The summed E-state index contributed by atoms with van der Waals surface area (Å²) in [6.45, 7) is 2.02. The first-order valence-electron chi connectivity index (χ1n) is 6.65. The van der Waals surface area contributed by atoms with Crippen LogP contribution in [-0.2, 0) is 4.79 Å². The third-order valence-corrected chi connectivity index (χ3v) is 3.58. The molecule has 0 atom stereocenters. The van der Waals surface area contributed by atoms with Crippen molar-refractivity contribution in [2.45, 2.75) is 6.92 Å². The average molecular weight is 375 g/mol. The highest BCUT2D eigenvalue weighted by molar-refractivity contribution is 9.10. The Kier molecular flexibility index (Phi) is 5.86. The minimum absolute atomic E-state index is 0.265. The molecule has 3 nitrogen and oxygen atoms in total. The fraction of sp³-hybridized carbons (Fsp3) is 0.0588. The van der Waals surface area contributed by atoms with E-state index in [0.717, 1.165) is 15.7 Å². The van der Waals surface area contributed by atoms with Crippen molar-refractivity contribution < 1.29 is 4.79 Å². The maximum Gasteiger partial charge on any atom is 0.250 e. The lowest BCUT2D eigenvalue weighted by Crippen LogP contribution is -2.32. The summed E-state index contributed by atoms with van der Waals surface area (Å²) in [7, 11) is 0. The zero-order valence-corrected chi connectivity index (χ0v) is 14.4. The second kappa shape index (κ2) is 7.87. The molecule has 0 bridgehead atoms. The largest absolute Gasteiger partial charge is 0.332 e. The summed E-state index contributed by atoms with van der Waals surface area (Å²) in [5.74, 6) is -0.268. The van der Waals surface area contributed by atoms with E-state index in [4.69, 9.17) is 12.2 Å². The van der Waals surface area contributed by atoms with Crippen LogP contribution in [0, 0.1) is 6.92 Å². The van der Waals surface area contributed by atoms with Gasteiger partial charge in [0.1, 0.15) is 0 Å². The Balaban J connectivity index is 1.87. The first-order valence-corrected chi connectivity index (χ1v) is 7.85. The van der Waals surface area contributed by atoms with Crippen molar-refractivity contribution in [1.82, 2.24) is 5.32 Å². The topological polar surface area (TPSA) is 41.1 Å². The van der Waals surface area contributed by atoms with Gasteiger partial charge in [-0.05, 0) is 55.0 Å². The van der Waals surface area contributed by atoms with Gasteiger partial charge in [-0.25, -0.2) is 0 Å². The predicted octanol–water partition coefficient (Wildman–Crippen LogP) is 4.28. The number of rotatable bonds is 3. The normalized spacial score (nSPS) is 10.5. The molecule has 2 aromatic rings. The van der Waals surface area contributed by atoms with Crippen molar-refractivity contribution in [3.05, 3.63) is 70.2 Å². The van der Waals surface area contributed by atoms with Crippen LogP contribution in [0.4, 0.5) is 5.69 Å². The van der Waals surface area contributed by atoms with Gasteiger partial charge in [0.05, 0.1) is 0 Å². The molecule has 0 saturated carbocycles. The molecule has 2 rings (SSSR count). The van der Waals surface area contributed by atoms with E-state index in [9.17, 15) is 4.79 Å². The second-order valence-corrected chi connectivity index (χ2v) is 6.02. The Labute approximate surface area is 143 Å². The number of carbonyl (C=O) groups is 1. The van der Waals surface area contributed by atoms with Crippen molar-refractivity contribution >= 4 is 50.9 Å². The number of carbonyl (C=O) groups excluding carboxylic acids is 1. The zero-order valence-electron chi connectivity index (χ0n) is 12.0. The number of hydrogen-bond donors (Lipinski definition) is 2. The standard InChI is InChI=1S/C17H15BrN2OS/c1-12-2-4-13(5-3-12)6-11-16(21)20-17(22)19-15-9-7-14(18)8-10-15/h2-11H,1H3,(H2,19,20,21,22)/b11-6+. The number of anilines is 1. The van der Waals surface area contributed by atoms with Gasteiger partial charge in [0.25, 0.3) is 0 Å². The van der Waals surface area contributed by atoms with E-state index < -0.39 is 0 Å². The molecule has 112 valence electrons. The van der Waals surface area contributed by atoms with E-state index in [0.29, 0.717) is 0 Å². The van der Waals surface area contributed by atoms with Crippen LogP contribution in [-0.4, -0.2) is 11.0 Å². The molecule has 0 radical (unpaired) electrons. The van der Waals surface area contributed by atoms with E-state index in [1.165, 1.54) is 11.6 Å². The van der Waals surface area contributed by atoms with Crippen LogP contribution in [0.1, 0.15) is 11.1 Å². The van der Waals surface area contributed by atoms with Gasteiger partial charge in [-0.15, -0.1) is 0 Å². The Morgan fingerprint density at radius 2 is 1.73 bits per heavy atom. The monoisotopic (exact) mass is 374 g/mol. The van der Waals surface area contributed by atoms with Gasteiger partial charge in [0, 0.05) is 16.2 Å². The van der Waals surface area contributed by atoms with Crippen LogP contribution in [0.3, 0.4) is 0 Å². The summed E-state index contributed by atoms with van der Waals surface area (Å²) < 4.78 is 0.981. The molecule has 22 heavy (non-hydrogen) atoms. The van der Waals surface area contributed by atoms with Gasteiger partial charge in [-0.3, -0.25) is 10.1 Å². The molecule has 0 aliphatic rings. The molecule has 0 saturated heterocycles. The van der Waals surface area contributed by atoms with Crippen LogP contribution in [0.25, 0.3) is 6.08 Å². The highest BCUT2D eigenvalue weighted by Crippen LogP contribution is 2.13. The molecule has 0 aliphatic heterocycles. The summed E-state index contributed by atoms with van der Waals surface area (Å²) in [6.07, 6.45) is 3.21. The van der Waals surface area contributed by atoms with Crippen LogP contribution < -0.4 is 10.6 Å². The Morgan fingerprint density at radius 3 is 2.36 bits per heavy atom. The van der Waals surface area contributed by atoms with Gasteiger partial charge < -0.3 is 5.32 Å². The lowest BCUT2D eigenvalue weighted by atomic mass is 10.1. The van der Waals surface area contributed by atoms with Crippen molar-refractivity contribution in [1.29, 1.82) is 0 Å². The maximum absolute atomic E-state index is 11.8. The second-order valence-electron chi connectivity index (χ2n) is 4.69. The zero-order chi connectivity index (χ0) is 15.9. The van der Waals surface area contributed by atoms with E-state index >= 15 is 0 Å². The number of halogens is 1. The molecular weight excluding hydrogens is 360 g/mol. The SMILES string of the molecule is Cc1ccc(/C=C/C(=O)NC(=S)Nc2ccc(Br)cc2)cc1. The van der Waals surface area contributed by atoms with E-state index in [1.807, 2.05) is 55.5 Å². The van der Waals surface area contributed by atoms with E-state index in [-0.39, 0.29) is 11.0 Å².